The van der Waals surface area contributed by atoms with Gasteiger partial charge < -0.3 is 5.32 Å². The number of hydrogen-bond donors (Lipinski definition) is 1. The van der Waals surface area contributed by atoms with Crippen LogP contribution in [0.4, 0.5) is 4.39 Å². The summed E-state index contributed by atoms with van der Waals surface area (Å²) < 4.78 is 13.7. The Kier molecular flexibility index (Phi) is 5.76. The first-order valence-electron chi connectivity index (χ1n) is 7.36. The van der Waals surface area contributed by atoms with Crippen molar-refractivity contribution in [2.24, 2.45) is 0 Å². The molecule has 2 unspecified atom stereocenters. The second-order valence-corrected chi connectivity index (χ2v) is 7.75. The molecule has 1 heterocycles. The van der Waals surface area contributed by atoms with Crippen LogP contribution in [0.15, 0.2) is 18.2 Å². The summed E-state index contributed by atoms with van der Waals surface area (Å²) in [6.07, 6.45) is 4.38. The minimum absolute atomic E-state index is 0.206. The summed E-state index contributed by atoms with van der Waals surface area (Å²) in [5, 5.41) is 4.31. The molecular formula is C16H23ClFNS. The second-order valence-electron chi connectivity index (χ2n) is 5.71. The Bertz CT molecular complexity index is 446. The van der Waals surface area contributed by atoms with E-state index in [2.05, 4.69) is 19.2 Å². The molecular weight excluding hydrogens is 293 g/mol. The van der Waals surface area contributed by atoms with Crippen LogP contribution in [0, 0.1) is 5.82 Å². The highest BCUT2D eigenvalue weighted by Gasteiger charge is 2.37. The van der Waals surface area contributed by atoms with Gasteiger partial charge in [0.05, 0.1) is 0 Å². The van der Waals surface area contributed by atoms with Crippen molar-refractivity contribution in [3.8, 4) is 0 Å². The van der Waals surface area contributed by atoms with Crippen molar-refractivity contribution in [2.45, 2.75) is 50.3 Å². The summed E-state index contributed by atoms with van der Waals surface area (Å²) in [6, 6.07) is 5.00. The van der Waals surface area contributed by atoms with E-state index in [1.165, 1.54) is 24.7 Å². The van der Waals surface area contributed by atoms with E-state index in [0.29, 0.717) is 11.1 Å². The first-order valence-corrected chi connectivity index (χ1v) is 8.73. The van der Waals surface area contributed by atoms with Crippen molar-refractivity contribution in [2.75, 3.05) is 12.3 Å². The Morgan fingerprint density at radius 2 is 2.30 bits per heavy atom. The molecule has 1 aromatic rings. The average Bonchev–Trinajstić information content (AvgIpc) is 2.86. The SMILES string of the molecule is CCCNC(Cc1cc(F)ccc1Cl)C1(C)CCCS1. The zero-order chi connectivity index (χ0) is 14.6. The van der Waals surface area contributed by atoms with Gasteiger partial charge in [-0.2, -0.15) is 11.8 Å². The fourth-order valence-corrected chi connectivity index (χ4v) is 4.42. The fourth-order valence-electron chi connectivity index (χ4n) is 2.82. The fraction of sp³-hybridized carbons (Fsp3) is 0.625. The Morgan fingerprint density at radius 1 is 1.50 bits per heavy atom. The number of hydrogen-bond acceptors (Lipinski definition) is 2. The molecule has 1 nitrogen and oxygen atoms in total. The molecule has 1 aliphatic heterocycles. The lowest BCUT2D eigenvalue weighted by Gasteiger charge is -2.34. The van der Waals surface area contributed by atoms with Gasteiger partial charge in [0.1, 0.15) is 5.82 Å². The summed E-state index contributed by atoms with van der Waals surface area (Å²) in [4.78, 5) is 0. The third-order valence-corrected chi connectivity index (χ3v) is 6.07. The van der Waals surface area contributed by atoms with Crippen molar-refractivity contribution >= 4 is 23.4 Å². The quantitative estimate of drug-likeness (QED) is 0.818. The Morgan fingerprint density at radius 3 is 2.95 bits per heavy atom. The molecule has 0 radical (unpaired) electrons. The number of thioether (sulfide) groups is 1. The van der Waals surface area contributed by atoms with Gasteiger partial charge in [-0.05, 0) is 68.7 Å². The molecule has 1 aliphatic rings. The third-order valence-electron chi connectivity index (χ3n) is 4.06. The zero-order valence-corrected chi connectivity index (χ0v) is 13.8. The van der Waals surface area contributed by atoms with Crippen molar-refractivity contribution < 1.29 is 4.39 Å². The number of nitrogens with one attached hydrogen (secondary N) is 1. The van der Waals surface area contributed by atoms with Gasteiger partial charge in [0.2, 0.25) is 0 Å². The van der Waals surface area contributed by atoms with Crippen molar-refractivity contribution in [1.29, 1.82) is 0 Å². The van der Waals surface area contributed by atoms with Crippen LogP contribution in [-0.2, 0) is 6.42 Å². The second kappa shape index (κ2) is 7.15. The van der Waals surface area contributed by atoms with Crippen LogP contribution in [0.2, 0.25) is 5.02 Å². The minimum atomic E-state index is -0.206. The van der Waals surface area contributed by atoms with Crippen LogP contribution >= 0.6 is 23.4 Å². The lowest BCUT2D eigenvalue weighted by atomic mass is 9.90. The highest BCUT2D eigenvalue weighted by atomic mass is 35.5. The first kappa shape index (κ1) is 16.1. The van der Waals surface area contributed by atoms with Crippen molar-refractivity contribution in [3.63, 3.8) is 0 Å². The molecule has 1 N–H and O–H groups in total. The molecule has 2 atom stereocenters. The molecule has 0 bridgehead atoms. The van der Waals surface area contributed by atoms with Crippen LogP contribution in [-0.4, -0.2) is 23.1 Å². The predicted octanol–water partition coefficient (Wildman–Crippen LogP) is 4.68. The Hall–Kier alpha value is -0.250. The summed E-state index contributed by atoms with van der Waals surface area (Å²) in [5.41, 5.74) is 0.911. The molecule has 20 heavy (non-hydrogen) atoms. The lowest BCUT2D eigenvalue weighted by Crippen LogP contribution is -2.47. The number of halogens is 2. The maximum Gasteiger partial charge on any atom is 0.123 e. The largest absolute Gasteiger partial charge is 0.312 e. The first-order chi connectivity index (χ1) is 9.55. The van der Waals surface area contributed by atoms with E-state index in [0.717, 1.165) is 24.9 Å². The van der Waals surface area contributed by atoms with E-state index in [-0.39, 0.29) is 10.6 Å². The molecule has 2 rings (SSSR count). The monoisotopic (exact) mass is 315 g/mol. The molecule has 112 valence electrons. The lowest BCUT2D eigenvalue weighted by molar-refractivity contribution is 0.398. The normalized spacial score (nSPS) is 24.0. The number of benzene rings is 1. The van der Waals surface area contributed by atoms with Crippen LogP contribution in [0.5, 0.6) is 0 Å². The van der Waals surface area contributed by atoms with E-state index in [1.807, 2.05) is 11.8 Å². The molecule has 0 spiro atoms. The van der Waals surface area contributed by atoms with Gasteiger partial charge in [0.15, 0.2) is 0 Å². The molecule has 4 heteroatoms. The highest BCUT2D eigenvalue weighted by Crippen LogP contribution is 2.41. The van der Waals surface area contributed by atoms with Crippen molar-refractivity contribution in [1.82, 2.24) is 5.32 Å². The van der Waals surface area contributed by atoms with E-state index in [9.17, 15) is 4.39 Å². The minimum Gasteiger partial charge on any atom is -0.312 e. The molecule has 0 amide bonds. The van der Waals surface area contributed by atoms with Crippen LogP contribution in [0.25, 0.3) is 0 Å². The molecule has 1 aromatic carbocycles. The van der Waals surface area contributed by atoms with Gasteiger partial charge in [-0.1, -0.05) is 18.5 Å². The van der Waals surface area contributed by atoms with E-state index in [1.54, 1.807) is 12.1 Å². The van der Waals surface area contributed by atoms with E-state index in [4.69, 9.17) is 11.6 Å². The van der Waals surface area contributed by atoms with Crippen LogP contribution in [0.3, 0.4) is 0 Å². The topological polar surface area (TPSA) is 12.0 Å². The van der Waals surface area contributed by atoms with Gasteiger partial charge in [-0.25, -0.2) is 4.39 Å². The summed E-state index contributed by atoms with van der Waals surface area (Å²) in [7, 11) is 0. The van der Waals surface area contributed by atoms with Gasteiger partial charge in [0, 0.05) is 15.8 Å². The van der Waals surface area contributed by atoms with Gasteiger partial charge in [-0.15, -0.1) is 0 Å². The number of rotatable bonds is 6. The molecule has 0 saturated carbocycles. The van der Waals surface area contributed by atoms with Gasteiger partial charge >= 0.3 is 0 Å². The van der Waals surface area contributed by atoms with E-state index < -0.39 is 0 Å². The average molecular weight is 316 g/mol. The third kappa shape index (κ3) is 3.90. The summed E-state index contributed by atoms with van der Waals surface area (Å²) in [6.45, 7) is 5.49. The standard InChI is InChI=1S/C16H23ClFNS/c1-3-8-19-15(16(2)7-4-9-20-16)11-12-10-13(18)5-6-14(12)17/h5-6,10,15,19H,3-4,7-9,11H2,1-2H3. The summed E-state index contributed by atoms with van der Waals surface area (Å²) >= 11 is 8.26. The predicted molar refractivity (Wildman–Crippen MR) is 87.3 cm³/mol. The molecule has 0 aliphatic carbocycles. The molecule has 0 aromatic heterocycles. The van der Waals surface area contributed by atoms with Crippen LogP contribution < -0.4 is 5.32 Å². The maximum absolute atomic E-state index is 13.4. The van der Waals surface area contributed by atoms with Crippen molar-refractivity contribution in [3.05, 3.63) is 34.6 Å². The zero-order valence-electron chi connectivity index (χ0n) is 12.2. The molecule has 1 saturated heterocycles. The van der Waals surface area contributed by atoms with Crippen LogP contribution in [0.1, 0.15) is 38.7 Å². The molecule has 1 fully saturated rings. The smallest absolute Gasteiger partial charge is 0.123 e. The van der Waals surface area contributed by atoms with Gasteiger partial charge in [0.25, 0.3) is 0 Å². The summed E-state index contributed by atoms with van der Waals surface area (Å²) in [5.74, 6) is 1.01. The van der Waals surface area contributed by atoms with Gasteiger partial charge in [-0.3, -0.25) is 0 Å². The maximum atomic E-state index is 13.4. The Labute approximate surface area is 130 Å². The Balaban J connectivity index is 2.16. The highest BCUT2D eigenvalue weighted by molar-refractivity contribution is 8.00. The van der Waals surface area contributed by atoms with E-state index >= 15 is 0 Å².